The number of nitrogens with zero attached hydrogens (tertiary/aromatic N) is 4. The van der Waals surface area contributed by atoms with E-state index in [0.717, 1.165) is 38.1 Å². The quantitative estimate of drug-likeness (QED) is 0.618. The van der Waals surface area contributed by atoms with Crippen LogP contribution in [-0.2, 0) is 6.18 Å². The number of nitrogens with one attached hydrogen (secondary N) is 1. The van der Waals surface area contributed by atoms with Gasteiger partial charge in [0.05, 0.1) is 35.7 Å². The lowest BCUT2D eigenvalue weighted by atomic mass is 9.92. The number of carbonyl (C=O) groups is 1. The molecule has 2 N–H and O–H groups in total. The molecule has 1 aromatic heterocycles. The maximum atomic E-state index is 13.2. The number of anilines is 1. The highest BCUT2D eigenvalue weighted by atomic mass is 19.4. The summed E-state index contributed by atoms with van der Waals surface area (Å²) in [6.45, 7) is 1.77. The summed E-state index contributed by atoms with van der Waals surface area (Å²) in [6, 6.07) is 4.82. The molecule has 1 aromatic carbocycles. The fourth-order valence-electron chi connectivity index (χ4n) is 4.65. The van der Waals surface area contributed by atoms with E-state index in [-0.39, 0.29) is 36.1 Å². The van der Waals surface area contributed by atoms with Gasteiger partial charge in [-0.3, -0.25) is 4.79 Å². The van der Waals surface area contributed by atoms with E-state index in [2.05, 4.69) is 20.2 Å². The number of hydrogen-bond acceptors (Lipinski definition) is 7. The molecular weight excluding hydrogens is 475 g/mol. The van der Waals surface area contributed by atoms with Crippen LogP contribution in [0.15, 0.2) is 30.6 Å². The Morgan fingerprint density at radius 3 is 2.44 bits per heavy atom. The molecule has 1 aliphatic heterocycles. The van der Waals surface area contributed by atoms with Gasteiger partial charge < -0.3 is 20.1 Å². The van der Waals surface area contributed by atoms with Crippen LogP contribution >= 0.6 is 0 Å². The molecule has 1 amide bonds. The van der Waals surface area contributed by atoms with Gasteiger partial charge in [0.1, 0.15) is 17.3 Å². The molecule has 2 heterocycles. The summed E-state index contributed by atoms with van der Waals surface area (Å²) in [5.41, 5.74) is -1.23. The van der Waals surface area contributed by atoms with E-state index >= 15 is 0 Å². The van der Waals surface area contributed by atoms with Gasteiger partial charge in [-0.2, -0.15) is 18.4 Å². The minimum absolute atomic E-state index is 0.0739. The van der Waals surface area contributed by atoms with Gasteiger partial charge in [-0.1, -0.05) is 0 Å². The molecule has 0 spiro atoms. The van der Waals surface area contributed by atoms with Crippen molar-refractivity contribution in [2.45, 2.75) is 56.8 Å². The number of amides is 1. The molecule has 1 saturated carbocycles. The van der Waals surface area contributed by atoms with E-state index in [1.54, 1.807) is 12.3 Å². The van der Waals surface area contributed by atoms with Crippen molar-refractivity contribution in [2.75, 3.05) is 24.6 Å². The van der Waals surface area contributed by atoms with Gasteiger partial charge in [-0.25, -0.2) is 9.97 Å². The van der Waals surface area contributed by atoms with Crippen LogP contribution in [0.4, 0.5) is 19.0 Å². The van der Waals surface area contributed by atoms with Crippen molar-refractivity contribution in [1.29, 1.82) is 5.26 Å². The molecular formula is C25H28F3N5O3. The molecule has 11 heteroatoms. The summed E-state index contributed by atoms with van der Waals surface area (Å²) in [4.78, 5) is 23.4. The van der Waals surface area contributed by atoms with Gasteiger partial charge in [-0.15, -0.1) is 0 Å². The average Bonchev–Trinajstić information content (AvgIpc) is 2.89. The summed E-state index contributed by atoms with van der Waals surface area (Å²) in [7, 11) is 0. The van der Waals surface area contributed by atoms with Gasteiger partial charge in [0.25, 0.3) is 5.91 Å². The topological polar surface area (TPSA) is 111 Å². The molecule has 1 aliphatic carbocycles. The van der Waals surface area contributed by atoms with E-state index in [1.165, 1.54) is 12.3 Å². The van der Waals surface area contributed by atoms with Crippen LogP contribution in [0.3, 0.4) is 0 Å². The second-order valence-electron chi connectivity index (χ2n) is 9.25. The summed E-state index contributed by atoms with van der Waals surface area (Å²) < 4.78 is 45.3. The van der Waals surface area contributed by atoms with Crippen molar-refractivity contribution < 1.29 is 27.8 Å². The van der Waals surface area contributed by atoms with Gasteiger partial charge >= 0.3 is 6.18 Å². The Morgan fingerprint density at radius 1 is 1.14 bits per heavy atom. The van der Waals surface area contributed by atoms with Crippen LogP contribution in [0.5, 0.6) is 5.75 Å². The molecule has 8 nitrogen and oxygen atoms in total. The Hall–Kier alpha value is -3.39. The minimum Gasteiger partial charge on any atom is -0.490 e. The maximum absolute atomic E-state index is 13.2. The lowest BCUT2D eigenvalue weighted by Gasteiger charge is -2.31. The highest BCUT2D eigenvalue weighted by Gasteiger charge is 2.34. The summed E-state index contributed by atoms with van der Waals surface area (Å²) in [5.74, 6) is 0.780. The van der Waals surface area contributed by atoms with Gasteiger partial charge in [-0.05, 0) is 62.6 Å². The predicted octanol–water partition coefficient (Wildman–Crippen LogP) is 3.70. The molecule has 4 rings (SSSR count). The lowest BCUT2D eigenvalue weighted by molar-refractivity contribution is -0.137. The number of aliphatic hydroxyl groups is 1. The van der Waals surface area contributed by atoms with Crippen LogP contribution in [0.25, 0.3) is 0 Å². The van der Waals surface area contributed by atoms with E-state index in [4.69, 9.17) is 10.00 Å². The zero-order valence-corrected chi connectivity index (χ0v) is 19.7. The highest BCUT2D eigenvalue weighted by molar-refractivity contribution is 5.92. The van der Waals surface area contributed by atoms with E-state index in [1.807, 2.05) is 0 Å². The molecule has 0 unspecified atom stereocenters. The third-order valence-electron chi connectivity index (χ3n) is 6.80. The first kappa shape index (κ1) is 25.7. The molecule has 0 radical (unpaired) electrons. The monoisotopic (exact) mass is 503 g/mol. The van der Waals surface area contributed by atoms with Crippen LogP contribution in [0.2, 0.25) is 0 Å². The third-order valence-corrected chi connectivity index (χ3v) is 6.80. The Balaban J connectivity index is 1.26. The molecule has 1 saturated heterocycles. The van der Waals surface area contributed by atoms with E-state index in [9.17, 15) is 23.1 Å². The number of rotatable bonds is 6. The van der Waals surface area contributed by atoms with E-state index < -0.39 is 17.3 Å². The smallest absolute Gasteiger partial charge is 0.417 e. The number of alkyl halides is 3. The molecule has 0 bridgehead atoms. The van der Waals surface area contributed by atoms with Gasteiger partial charge in [0, 0.05) is 25.7 Å². The number of aliphatic hydroxyl groups excluding tert-OH is 1. The van der Waals surface area contributed by atoms with Crippen molar-refractivity contribution in [3.05, 3.63) is 47.4 Å². The minimum atomic E-state index is -4.63. The summed E-state index contributed by atoms with van der Waals surface area (Å²) >= 11 is 0. The van der Waals surface area contributed by atoms with Crippen LogP contribution < -0.4 is 15.0 Å². The summed E-state index contributed by atoms with van der Waals surface area (Å²) in [6.07, 6.45) is 2.29. The fourth-order valence-corrected chi connectivity index (χ4v) is 4.65. The molecule has 0 atom stereocenters. The fraction of sp³-hybridized carbons (Fsp3) is 0.520. The van der Waals surface area contributed by atoms with Crippen LogP contribution in [-0.4, -0.2) is 52.8 Å². The van der Waals surface area contributed by atoms with E-state index in [0.29, 0.717) is 37.4 Å². The summed E-state index contributed by atoms with van der Waals surface area (Å²) in [5, 5.41) is 21.1. The number of ether oxygens (including phenoxy) is 1. The molecule has 36 heavy (non-hydrogen) atoms. The second-order valence-corrected chi connectivity index (χ2v) is 9.25. The second kappa shape index (κ2) is 11.1. The Labute approximate surface area is 207 Å². The third kappa shape index (κ3) is 6.23. The first-order chi connectivity index (χ1) is 17.3. The van der Waals surface area contributed by atoms with Crippen molar-refractivity contribution in [2.24, 2.45) is 5.92 Å². The van der Waals surface area contributed by atoms with Crippen LogP contribution in [0.1, 0.15) is 60.1 Å². The number of carbonyl (C=O) groups excluding carboxylic acids is 1. The zero-order chi connectivity index (χ0) is 25.7. The largest absolute Gasteiger partial charge is 0.490 e. The predicted molar refractivity (Wildman–Crippen MR) is 124 cm³/mol. The standard InChI is InChI=1S/C25H28F3N5O3/c26-25(27,28)21-11-20(4-1-17(21)12-29)36-19-5-2-18(3-6-19)32-24(35)22-13-31-23(14-30-22)33-9-7-16(15-34)8-10-33/h1,4,11,13-14,16,18-19,34H,2-3,5-10,15H2,(H,32,35)/t18-,19-. The Kier molecular flexibility index (Phi) is 7.94. The van der Waals surface area contributed by atoms with Crippen molar-refractivity contribution in [3.8, 4) is 11.8 Å². The number of benzene rings is 1. The molecule has 192 valence electrons. The van der Waals surface area contributed by atoms with Crippen molar-refractivity contribution in [1.82, 2.24) is 15.3 Å². The van der Waals surface area contributed by atoms with Crippen molar-refractivity contribution >= 4 is 11.7 Å². The van der Waals surface area contributed by atoms with Gasteiger partial charge in [0.2, 0.25) is 0 Å². The average molecular weight is 504 g/mol. The normalized spacial score (nSPS) is 21.0. The van der Waals surface area contributed by atoms with Crippen molar-refractivity contribution in [3.63, 3.8) is 0 Å². The maximum Gasteiger partial charge on any atom is 0.417 e. The number of piperidine rings is 1. The first-order valence-electron chi connectivity index (χ1n) is 12.0. The first-order valence-corrected chi connectivity index (χ1v) is 12.0. The Bertz CT molecular complexity index is 1090. The molecule has 2 aliphatic rings. The van der Waals surface area contributed by atoms with Gasteiger partial charge in [0.15, 0.2) is 0 Å². The zero-order valence-electron chi connectivity index (χ0n) is 19.7. The number of nitriles is 1. The number of aromatic nitrogens is 2. The van der Waals surface area contributed by atoms with Crippen LogP contribution in [0, 0.1) is 17.2 Å². The number of halogens is 3. The highest BCUT2D eigenvalue weighted by Crippen LogP contribution is 2.35. The Morgan fingerprint density at radius 2 is 1.86 bits per heavy atom. The SMILES string of the molecule is N#Cc1ccc(O[C@H]2CC[C@H](NC(=O)c3cnc(N4CCC(CO)CC4)cn3)CC2)cc1C(F)(F)F. The molecule has 2 fully saturated rings. The lowest BCUT2D eigenvalue weighted by Crippen LogP contribution is -2.40. The molecule has 2 aromatic rings. The number of hydrogen-bond donors (Lipinski definition) is 2.